The van der Waals surface area contributed by atoms with Gasteiger partial charge in [-0.2, -0.15) is 0 Å². The van der Waals surface area contributed by atoms with Gasteiger partial charge in [-0.15, -0.1) is 0 Å². The number of hydrogen-bond donors (Lipinski definition) is 0. The standard InChI is InChI=1S/C15H30N2/c1-13(2)17-10-6-15(7-11-17)5-9-16-8-4-14(3)12-16/h13-15H,4-12H2,1-3H3. The van der Waals surface area contributed by atoms with Crippen molar-refractivity contribution < 1.29 is 0 Å². The van der Waals surface area contributed by atoms with Gasteiger partial charge >= 0.3 is 0 Å². The van der Waals surface area contributed by atoms with E-state index in [1.807, 2.05) is 0 Å². The molecule has 0 aromatic heterocycles. The molecule has 2 saturated heterocycles. The summed E-state index contributed by atoms with van der Waals surface area (Å²) in [4.78, 5) is 5.31. The van der Waals surface area contributed by atoms with Crippen molar-refractivity contribution in [2.75, 3.05) is 32.7 Å². The van der Waals surface area contributed by atoms with Crippen LogP contribution in [0.3, 0.4) is 0 Å². The van der Waals surface area contributed by atoms with Crippen molar-refractivity contribution in [2.45, 2.75) is 52.5 Å². The van der Waals surface area contributed by atoms with E-state index in [0.29, 0.717) is 0 Å². The Hall–Kier alpha value is -0.0800. The average molecular weight is 238 g/mol. The second-order valence-corrected chi connectivity index (χ2v) is 6.56. The summed E-state index contributed by atoms with van der Waals surface area (Å²) in [6.07, 6.45) is 5.73. The molecule has 2 nitrogen and oxygen atoms in total. The fraction of sp³-hybridized carbons (Fsp3) is 1.00. The van der Waals surface area contributed by atoms with Crippen LogP contribution in [0.5, 0.6) is 0 Å². The number of piperidine rings is 1. The molecular weight excluding hydrogens is 208 g/mol. The van der Waals surface area contributed by atoms with Crippen molar-refractivity contribution in [2.24, 2.45) is 11.8 Å². The molecular formula is C15H30N2. The van der Waals surface area contributed by atoms with Gasteiger partial charge in [0.05, 0.1) is 0 Å². The van der Waals surface area contributed by atoms with E-state index in [2.05, 4.69) is 30.6 Å². The normalized spacial score (nSPS) is 29.3. The lowest BCUT2D eigenvalue weighted by atomic mass is 9.93. The van der Waals surface area contributed by atoms with Crippen molar-refractivity contribution in [1.29, 1.82) is 0 Å². The van der Waals surface area contributed by atoms with Gasteiger partial charge < -0.3 is 9.80 Å². The van der Waals surface area contributed by atoms with Crippen LogP contribution >= 0.6 is 0 Å². The predicted molar refractivity (Wildman–Crippen MR) is 74.3 cm³/mol. The molecule has 2 fully saturated rings. The molecule has 17 heavy (non-hydrogen) atoms. The summed E-state index contributed by atoms with van der Waals surface area (Å²) in [5, 5.41) is 0. The van der Waals surface area contributed by atoms with Gasteiger partial charge in [0, 0.05) is 12.6 Å². The topological polar surface area (TPSA) is 6.48 Å². The van der Waals surface area contributed by atoms with Gasteiger partial charge in [-0.25, -0.2) is 0 Å². The minimum Gasteiger partial charge on any atom is -0.303 e. The molecule has 100 valence electrons. The highest BCUT2D eigenvalue weighted by Gasteiger charge is 2.23. The predicted octanol–water partition coefficient (Wildman–Crippen LogP) is 2.84. The molecule has 1 atom stereocenters. The molecule has 0 bridgehead atoms. The molecule has 0 amide bonds. The maximum absolute atomic E-state index is 2.68. The molecule has 0 aromatic rings. The van der Waals surface area contributed by atoms with E-state index in [9.17, 15) is 0 Å². The molecule has 0 aliphatic carbocycles. The van der Waals surface area contributed by atoms with Gasteiger partial charge in [0.15, 0.2) is 0 Å². The lowest BCUT2D eigenvalue weighted by Crippen LogP contribution is -2.39. The molecule has 2 aliphatic heterocycles. The minimum atomic E-state index is 0.746. The molecule has 1 unspecified atom stereocenters. The third kappa shape index (κ3) is 3.96. The first-order chi connectivity index (χ1) is 8.15. The van der Waals surface area contributed by atoms with Crippen LogP contribution in [0.25, 0.3) is 0 Å². The second-order valence-electron chi connectivity index (χ2n) is 6.56. The molecule has 0 saturated carbocycles. The van der Waals surface area contributed by atoms with Gasteiger partial charge in [0.2, 0.25) is 0 Å². The summed E-state index contributed by atoms with van der Waals surface area (Å²) in [5.41, 5.74) is 0. The number of nitrogens with zero attached hydrogens (tertiary/aromatic N) is 2. The summed E-state index contributed by atoms with van der Waals surface area (Å²) in [6, 6.07) is 0.746. The van der Waals surface area contributed by atoms with Crippen LogP contribution < -0.4 is 0 Å². The van der Waals surface area contributed by atoms with Crippen LogP contribution in [-0.4, -0.2) is 48.6 Å². The van der Waals surface area contributed by atoms with Crippen molar-refractivity contribution in [3.05, 3.63) is 0 Å². The Morgan fingerprint density at radius 2 is 1.76 bits per heavy atom. The zero-order valence-corrected chi connectivity index (χ0v) is 12.0. The average Bonchev–Trinajstić information content (AvgIpc) is 2.73. The van der Waals surface area contributed by atoms with E-state index < -0.39 is 0 Å². The number of likely N-dealkylation sites (tertiary alicyclic amines) is 2. The van der Waals surface area contributed by atoms with Crippen LogP contribution in [0.2, 0.25) is 0 Å². The SMILES string of the molecule is CC1CCN(CCC2CCN(C(C)C)CC2)C1. The summed E-state index contributed by atoms with van der Waals surface area (Å²) in [6.45, 7) is 13.8. The zero-order valence-electron chi connectivity index (χ0n) is 12.0. The van der Waals surface area contributed by atoms with Crippen molar-refractivity contribution in [3.8, 4) is 0 Å². The first kappa shape index (κ1) is 13.4. The summed E-state index contributed by atoms with van der Waals surface area (Å²) < 4.78 is 0. The molecule has 0 radical (unpaired) electrons. The van der Waals surface area contributed by atoms with Crippen molar-refractivity contribution in [3.63, 3.8) is 0 Å². The maximum atomic E-state index is 2.68. The second kappa shape index (κ2) is 6.19. The first-order valence-electron chi connectivity index (χ1n) is 7.61. The minimum absolute atomic E-state index is 0.746. The Balaban J connectivity index is 1.61. The summed E-state index contributed by atoms with van der Waals surface area (Å²) in [5.74, 6) is 1.94. The van der Waals surface area contributed by atoms with E-state index in [1.165, 1.54) is 58.4 Å². The molecule has 0 aromatic carbocycles. The van der Waals surface area contributed by atoms with Crippen molar-refractivity contribution >= 4 is 0 Å². The van der Waals surface area contributed by atoms with Crippen LogP contribution in [-0.2, 0) is 0 Å². The fourth-order valence-electron chi connectivity index (χ4n) is 3.35. The van der Waals surface area contributed by atoms with E-state index in [-0.39, 0.29) is 0 Å². The molecule has 2 heteroatoms. The number of rotatable bonds is 4. The highest BCUT2D eigenvalue weighted by molar-refractivity contribution is 4.77. The van der Waals surface area contributed by atoms with E-state index in [1.54, 1.807) is 0 Å². The highest BCUT2D eigenvalue weighted by atomic mass is 15.2. The van der Waals surface area contributed by atoms with Crippen LogP contribution in [0.1, 0.15) is 46.5 Å². The molecule has 2 rings (SSSR count). The third-order valence-corrected chi connectivity index (χ3v) is 4.74. The summed E-state index contributed by atoms with van der Waals surface area (Å²) >= 11 is 0. The van der Waals surface area contributed by atoms with Gasteiger partial charge in [-0.3, -0.25) is 0 Å². The monoisotopic (exact) mass is 238 g/mol. The molecule has 2 aliphatic rings. The zero-order chi connectivity index (χ0) is 12.3. The Bertz CT molecular complexity index is 219. The Morgan fingerprint density at radius 3 is 2.29 bits per heavy atom. The Kier molecular flexibility index (Phi) is 4.87. The quantitative estimate of drug-likeness (QED) is 0.743. The maximum Gasteiger partial charge on any atom is 0.00385 e. The highest BCUT2D eigenvalue weighted by Crippen LogP contribution is 2.23. The lowest BCUT2D eigenvalue weighted by molar-refractivity contribution is 0.139. The van der Waals surface area contributed by atoms with Gasteiger partial charge in [-0.05, 0) is 77.5 Å². The van der Waals surface area contributed by atoms with Crippen LogP contribution in [0, 0.1) is 11.8 Å². The van der Waals surface area contributed by atoms with E-state index >= 15 is 0 Å². The fourth-order valence-corrected chi connectivity index (χ4v) is 3.35. The van der Waals surface area contributed by atoms with E-state index in [4.69, 9.17) is 0 Å². The third-order valence-electron chi connectivity index (χ3n) is 4.74. The molecule has 2 heterocycles. The number of hydrogen-bond acceptors (Lipinski definition) is 2. The summed E-state index contributed by atoms with van der Waals surface area (Å²) in [7, 11) is 0. The van der Waals surface area contributed by atoms with Gasteiger partial charge in [0.25, 0.3) is 0 Å². The van der Waals surface area contributed by atoms with Crippen LogP contribution in [0.15, 0.2) is 0 Å². The largest absolute Gasteiger partial charge is 0.303 e. The Morgan fingerprint density at radius 1 is 1.06 bits per heavy atom. The van der Waals surface area contributed by atoms with Gasteiger partial charge in [-0.1, -0.05) is 6.92 Å². The lowest BCUT2D eigenvalue weighted by Gasteiger charge is -2.35. The van der Waals surface area contributed by atoms with Gasteiger partial charge in [0.1, 0.15) is 0 Å². The van der Waals surface area contributed by atoms with Crippen LogP contribution in [0.4, 0.5) is 0 Å². The molecule has 0 spiro atoms. The van der Waals surface area contributed by atoms with E-state index in [0.717, 1.165) is 17.9 Å². The Labute approximate surface area is 107 Å². The first-order valence-corrected chi connectivity index (χ1v) is 7.61. The molecule has 0 N–H and O–H groups in total. The van der Waals surface area contributed by atoms with Crippen molar-refractivity contribution in [1.82, 2.24) is 9.80 Å². The smallest absolute Gasteiger partial charge is 0.00385 e.